The molecule has 0 aromatic heterocycles. The number of hydrogen-bond donors (Lipinski definition) is 1. The monoisotopic (exact) mass is 216 g/mol. The van der Waals surface area contributed by atoms with Crippen LogP contribution in [-0.4, -0.2) is 12.5 Å². The van der Waals surface area contributed by atoms with Crippen LogP contribution < -0.4 is 10.6 Å². The van der Waals surface area contributed by atoms with Crippen LogP contribution in [-0.2, 0) is 11.2 Å². The third-order valence-corrected chi connectivity index (χ3v) is 3.46. The van der Waals surface area contributed by atoms with Crippen LogP contribution in [0.1, 0.15) is 24.8 Å². The molecule has 0 saturated heterocycles. The summed E-state index contributed by atoms with van der Waals surface area (Å²) >= 11 is 0. The number of benzene rings is 1. The number of amides is 1. The Bertz CT molecular complexity index is 438. The van der Waals surface area contributed by atoms with Crippen molar-refractivity contribution in [3.05, 3.63) is 23.8 Å². The first-order valence-electron chi connectivity index (χ1n) is 5.93. The Morgan fingerprint density at radius 1 is 1.44 bits per heavy atom. The summed E-state index contributed by atoms with van der Waals surface area (Å²) in [5, 5.41) is 0. The van der Waals surface area contributed by atoms with Gasteiger partial charge in [0.2, 0.25) is 5.91 Å². The third-order valence-electron chi connectivity index (χ3n) is 3.46. The molecule has 1 aliphatic heterocycles. The van der Waals surface area contributed by atoms with E-state index in [4.69, 9.17) is 5.73 Å². The average Bonchev–Trinajstić information content (AvgIpc) is 2.96. The zero-order chi connectivity index (χ0) is 11.1. The van der Waals surface area contributed by atoms with Crippen LogP contribution in [0.2, 0.25) is 0 Å². The molecule has 1 aromatic rings. The van der Waals surface area contributed by atoms with E-state index in [0.29, 0.717) is 5.92 Å². The Balaban J connectivity index is 1.81. The highest BCUT2D eigenvalue weighted by Crippen LogP contribution is 2.35. The van der Waals surface area contributed by atoms with Gasteiger partial charge in [-0.2, -0.15) is 0 Å². The minimum Gasteiger partial charge on any atom is -0.399 e. The number of carbonyl (C=O) groups excluding carboxylic acids is 1. The molecule has 1 heterocycles. The summed E-state index contributed by atoms with van der Waals surface area (Å²) in [6.45, 7) is 0.824. The molecule has 0 bridgehead atoms. The molecule has 0 spiro atoms. The quantitative estimate of drug-likeness (QED) is 0.768. The fourth-order valence-electron chi connectivity index (χ4n) is 2.36. The number of anilines is 2. The molecule has 1 aromatic carbocycles. The van der Waals surface area contributed by atoms with Gasteiger partial charge < -0.3 is 10.6 Å². The van der Waals surface area contributed by atoms with E-state index in [9.17, 15) is 4.79 Å². The standard InChI is InChI=1S/C13H16N2O/c14-11-3-4-12-10(8-11)5-6-15(12)13(16)7-9-1-2-9/h3-4,8-9H,1-2,5-7,14H2. The normalized spacial score (nSPS) is 18.6. The van der Waals surface area contributed by atoms with Gasteiger partial charge in [0, 0.05) is 24.3 Å². The molecular weight excluding hydrogens is 200 g/mol. The van der Waals surface area contributed by atoms with Crippen LogP contribution in [0.25, 0.3) is 0 Å². The second-order valence-corrected chi connectivity index (χ2v) is 4.83. The number of nitrogens with zero attached hydrogens (tertiary/aromatic N) is 1. The van der Waals surface area contributed by atoms with Crippen molar-refractivity contribution >= 4 is 17.3 Å². The summed E-state index contributed by atoms with van der Waals surface area (Å²) in [6, 6.07) is 5.84. The highest BCUT2D eigenvalue weighted by atomic mass is 16.2. The molecule has 1 saturated carbocycles. The Hall–Kier alpha value is -1.51. The minimum absolute atomic E-state index is 0.283. The highest BCUT2D eigenvalue weighted by molar-refractivity contribution is 5.96. The van der Waals surface area contributed by atoms with Crippen LogP contribution in [0.5, 0.6) is 0 Å². The second kappa shape index (κ2) is 3.51. The Kier molecular flexibility index (Phi) is 2.13. The molecule has 1 fully saturated rings. The Morgan fingerprint density at radius 2 is 2.25 bits per heavy atom. The zero-order valence-electron chi connectivity index (χ0n) is 9.28. The first-order valence-corrected chi connectivity index (χ1v) is 5.93. The van der Waals surface area contributed by atoms with Gasteiger partial charge in [0.25, 0.3) is 0 Å². The predicted molar refractivity (Wildman–Crippen MR) is 64.3 cm³/mol. The largest absolute Gasteiger partial charge is 0.399 e. The van der Waals surface area contributed by atoms with E-state index in [-0.39, 0.29) is 5.91 Å². The minimum atomic E-state index is 0.283. The molecule has 3 rings (SSSR count). The van der Waals surface area contributed by atoms with Gasteiger partial charge >= 0.3 is 0 Å². The van der Waals surface area contributed by atoms with E-state index in [1.807, 2.05) is 23.1 Å². The molecule has 0 radical (unpaired) electrons. The van der Waals surface area contributed by atoms with Gasteiger partial charge in [-0.15, -0.1) is 0 Å². The van der Waals surface area contributed by atoms with Crippen molar-refractivity contribution in [3.8, 4) is 0 Å². The summed E-state index contributed by atoms with van der Waals surface area (Å²) in [5.74, 6) is 0.941. The van der Waals surface area contributed by atoms with Gasteiger partial charge in [-0.05, 0) is 48.9 Å². The fraction of sp³-hybridized carbons (Fsp3) is 0.462. The molecule has 1 aliphatic carbocycles. The topological polar surface area (TPSA) is 46.3 Å². The zero-order valence-corrected chi connectivity index (χ0v) is 9.28. The fourth-order valence-corrected chi connectivity index (χ4v) is 2.36. The first-order chi connectivity index (χ1) is 7.74. The molecule has 0 unspecified atom stereocenters. The van der Waals surface area contributed by atoms with Gasteiger partial charge in [0.1, 0.15) is 0 Å². The molecular formula is C13H16N2O. The van der Waals surface area contributed by atoms with E-state index in [1.54, 1.807) is 0 Å². The van der Waals surface area contributed by atoms with Crippen molar-refractivity contribution in [1.29, 1.82) is 0 Å². The number of nitrogen functional groups attached to an aromatic ring is 1. The van der Waals surface area contributed by atoms with Crippen LogP contribution in [0.15, 0.2) is 18.2 Å². The van der Waals surface area contributed by atoms with Crippen LogP contribution in [0, 0.1) is 5.92 Å². The van der Waals surface area contributed by atoms with Gasteiger partial charge in [-0.25, -0.2) is 0 Å². The number of carbonyl (C=O) groups is 1. The molecule has 3 nitrogen and oxygen atoms in total. The van der Waals surface area contributed by atoms with Gasteiger partial charge in [0.15, 0.2) is 0 Å². The van der Waals surface area contributed by atoms with Crippen LogP contribution >= 0.6 is 0 Å². The lowest BCUT2D eigenvalue weighted by Gasteiger charge is -2.17. The van der Waals surface area contributed by atoms with E-state index < -0.39 is 0 Å². The van der Waals surface area contributed by atoms with Crippen LogP contribution in [0.4, 0.5) is 11.4 Å². The highest BCUT2D eigenvalue weighted by Gasteiger charge is 2.30. The molecule has 0 atom stereocenters. The molecule has 3 heteroatoms. The maximum atomic E-state index is 12.0. The SMILES string of the molecule is Nc1ccc2c(c1)CCN2C(=O)CC1CC1. The lowest BCUT2D eigenvalue weighted by atomic mass is 10.1. The Morgan fingerprint density at radius 3 is 3.00 bits per heavy atom. The van der Waals surface area contributed by atoms with Crippen molar-refractivity contribution in [2.24, 2.45) is 5.92 Å². The van der Waals surface area contributed by atoms with E-state index in [2.05, 4.69) is 0 Å². The lowest BCUT2D eigenvalue weighted by Crippen LogP contribution is -2.28. The number of rotatable bonds is 2. The molecule has 16 heavy (non-hydrogen) atoms. The maximum Gasteiger partial charge on any atom is 0.227 e. The molecule has 84 valence electrons. The summed E-state index contributed by atoms with van der Waals surface area (Å²) in [4.78, 5) is 14.0. The van der Waals surface area contributed by atoms with Gasteiger partial charge in [-0.3, -0.25) is 4.79 Å². The van der Waals surface area contributed by atoms with Crippen molar-refractivity contribution in [1.82, 2.24) is 0 Å². The average molecular weight is 216 g/mol. The number of fused-ring (bicyclic) bond motifs is 1. The third kappa shape index (κ3) is 1.66. The van der Waals surface area contributed by atoms with Crippen molar-refractivity contribution in [2.75, 3.05) is 17.2 Å². The van der Waals surface area contributed by atoms with E-state index in [0.717, 1.165) is 30.8 Å². The van der Waals surface area contributed by atoms with Gasteiger partial charge in [-0.1, -0.05) is 0 Å². The first kappa shape index (κ1) is 9.70. The smallest absolute Gasteiger partial charge is 0.227 e. The molecule has 2 N–H and O–H groups in total. The summed E-state index contributed by atoms with van der Waals surface area (Å²) in [5.41, 5.74) is 8.81. The summed E-state index contributed by atoms with van der Waals surface area (Å²) in [6.07, 6.45) is 4.13. The van der Waals surface area contributed by atoms with E-state index in [1.165, 1.54) is 18.4 Å². The molecule has 1 amide bonds. The number of hydrogen-bond acceptors (Lipinski definition) is 2. The molecule has 2 aliphatic rings. The summed E-state index contributed by atoms with van der Waals surface area (Å²) in [7, 11) is 0. The second-order valence-electron chi connectivity index (χ2n) is 4.83. The van der Waals surface area contributed by atoms with Crippen molar-refractivity contribution in [3.63, 3.8) is 0 Å². The maximum absolute atomic E-state index is 12.0. The summed E-state index contributed by atoms with van der Waals surface area (Å²) < 4.78 is 0. The number of nitrogens with two attached hydrogens (primary N) is 1. The van der Waals surface area contributed by atoms with E-state index >= 15 is 0 Å². The van der Waals surface area contributed by atoms with Crippen LogP contribution in [0.3, 0.4) is 0 Å². The predicted octanol–water partition coefficient (Wildman–Crippen LogP) is 1.96. The van der Waals surface area contributed by atoms with Gasteiger partial charge in [0.05, 0.1) is 0 Å². The van der Waals surface area contributed by atoms with Crippen molar-refractivity contribution < 1.29 is 4.79 Å². The van der Waals surface area contributed by atoms with Crippen molar-refractivity contribution in [2.45, 2.75) is 25.7 Å². The Labute approximate surface area is 95.2 Å². The lowest BCUT2D eigenvalue weighted by molar-refractivity contribution is -0.118.